The van der Waals surface area contributed by atoms with E-state index in [1.54, 1.807) is 0 Å². The van der Waals surface area contributed by atoms with Crippen LogP contribution in [-0.2, 0) is 0 Å². The molecular weight excluding hydrogens is 256 g/mol. The molecule has 1 atom stereocenters. The van der Waals surface area contributed by atoms with Gasteiger partial charge in [-0.25, -0.2) is 0 Å². The Morgan fingerprint density at radius 1 is 1.00 bits per heavy atom. The van der Waals surface area contributed by atoms with Gasteiger partial charge in [0.15, 0.2) is 0 Å². The van der Waals surface area contributed by atoms with Crippen LogP contribution in [-0.4, -0.2) is 6.10 Å². The van der Waals surface area contributed by atoms with Crippen LogP contribution in [0.4, 0.5) is 0 Å². The first-order chi connectivity index (χ1) is 9.08. The van der Waals surface area contributed by atoms with E-state index in [2.05, 4.69) is 26.0 Å². The Kier molecular flexibility index (Phi) is 7.30. The molecule has 0 saturated carbocycles. The molecule has 19 heavy (non-hydrogen) atoms. The molecule has 1 aromatic carbocycles. The number of benzene rings is 1. The van der Waals surface area contributed by atoms with Gasteiger partial charge in [-0.15, -0.1) is 11.6 Å². The zero-order valence-corrected chi connectivity index (χ0v) is 13.4. The first-order valence-electron chi connectivity index (χ1n) is 7.49. The fraction of sp³-hybridized carbons (Fsp3) is 0.647. The van der Waals surface area contributed by atoms with Crippen LogP contribution in [0.5, 0.6) is 5.75 Å². The standard InChI is InChI=1S/C17H27ClO/c1-5-7-14(8-6-2)17(18)15-9-11-16(12-10-15)19-13(3)4/h9-14,17H,5-8H2,1-4H3. The molecule has 0 N–H and O–H groups in total. The molecule has 0 heterocycles. The molecule has 0 spiro atoms. The van der Waals surface area contributed by atoms with Crippen LogP contribution in [0.25, 0.3) is 0 Å². The minimum absolute atomic E-state index is 0.119. The maximum Gasteiger partial charge on any atom is 0.119 e. The van der Waals surface area contributed by atoms with Crippen LogP contribution in [0, 0.1) is 5.92 Å². The van der Waals surface area contributed by atoms with Gasteiger partial charge in [0.2, 0.25) is 0 Å². The van der Waals surface area contributed by atoms with Crippen molar-refractivity contribution < 1.29 is 4.74 Å². The van der Waals surface area contributed by atoms with Crippen molar-refractivity contribution in [2.75, 3.05) is 0 Å². The molecule has 108 valence electrons. The van der Waals surface area contributed by atoms with Crippen LogP contribution >= 0.6 is 11.6 Å². The molecule has 1 aromatic rings. The van der Waals surface area contributed by atoms with Gasteiger partial charge in [-0.3, -0.25) is 0 Å². The van der Waals surface area contributed by atoms with E-state index in [9.17, 15) is 0 Å². The first-order valence-corrected chi connectivity index (χ1v) is 7.92. The van der Waals surface area contributed by atoms with Crippen molar-refractivity contribution in [1.29, 1.82) is 0 Å². The highest BCUT2D eigenvalue weighted by Crippen LogP contribution is 2.35. The average molecular weight is 283 g/mol. The third kappa shape index (κ3) is 5.44. The predicted molar refractivity (Wildman–Crippen MR) is 84.1 cm³/mol. The fourth-order valence-electron chi connectivity index (χ4n) is 2.45. The largest absolute Gasteiger partial charge is 0.491 e. The molecule has 0 aliphatic heterocycles. The average Bonchev–Trinajstić information content (AvgIpc) is 2.38. The van der Waals surface area contributed by atoms with Gasteiger partial charge in [0.1, 0.15) is 5.75 Å². The van der Waals surface area contributed by atoms with Crippen molar-refractivity contribution in [3.63, 3.8) is 0 Å². The molecule has 1 rings (SSSR count). The highest BCUT2D eigenvalue weighted by Gasteiger charge is 2.19. The predicted octanol–water partition coefficient (Wildman–Crippen LogP) is 5.97. The topological polar surface area (TPSA) is 9.23 Å². The number of hydrogen-bond acceptors (Lipinski definition) is 1. The van der Waals surface area contributed by atoms with Crippen molar-refractivity contribution in [3.8, 4) is 5.75 Å². The lowest BCUT2D eigenvalue weighted by Crippen LogP contribution is -2.09. The number of hydrogen-bond donors (Lipinski definition) is 0. The molecular formula is C17H27ClO. The summed E-state index contributed by atoms with van der Waals surface area (Å²) in [5, 5.41) is 0.119. The normalized spacial score (nSPS) is 13.0. The van der Waals surface area contributed by atoms with Gasteiger partial charge in [0.05, 0.1) is 11.5 Å². The van der Waals surface area contributed by atoms with Crippen molar-refractivity contribution in [2.45, 2.75) is 64.9 Å². The Balaban J connectivity index is 2.72. The van der Waals surface area contributed by atoms with E-state index in [1.165, 1.54) is 31.2 Å². The second kappa shape index (κ2) is 8.47. The van der Waals surface area contributed by atoms with Crippen molar-refractivity contribution in [2.24, 2.45) is 5.92 Å². The molecule has 0 radical (unpaired) electrons. The van der Waals surface area contributed by atoms with Crippen LogP contribution in [0.2, 0.25) is 0 Å². The van der Waals surface area contributed by atoms with Crippen LogP contribution in [0.1, 0.15) is 64.3 Å². The van der Waals surface area contributed by atoms with Gasteiger partial charge in [0, 0.05) is 0 Å². The third-order valence-corrected chi connectivity index (χ3v) is 3.91. The Morgan fingerprint density at radius 3 is 1.95 bits per heavy atom. The highest BCUT2D eigenvalue weighted by molar-refractivity contribution is 6.21. The lowest BCUT2D eigenvalue weighted by molar-refractivity contribution is 0.242. The summed E-state index contributed by atoms with van der Waals surface area (Å²) in [6, 6.07) is 8.26. The maximum atomic E-state index is 6.65. The molecule has 0 bridgehead atoms. The van der Waals surface area contributed by atoms with E-state index in [4.69, 9.17) is 16.3 Å². The van der Waals surface area contributed by atoms with E-state index >= 15 is 0 Å². The maximum absolute atomic E-state index is 6.65. The lowest BCUT2D eigenvalue weighted by Gasteiger charge is -2.22. The molecule has 0 saturated heterocycles. The Labute approximate surface area is 123 Å². The molecule has 2 heteroatoms. The molecule has 0 aliphatic rings. The van der Waals surface area contributed by atoms with E-state index in [-0.39, 0.29) is 11.5 Å². The summed E-state index contributed by atoms with van der Waals surface area (Å²) in [5.74, 6) is 1.50. The zero-order chi connectivity index (χ0) is 14.3. The lowest BCUT2D eigenvalue weighted by atomic mass is 9.90. The minimum Gasteiger partial charge on any atom is -0.491 e. The Hall–Kier alpha value is -0.690. The van der Waals surface area contributed by atoms with E-state index < -0.39 is 0 Å². The van der Waals surface area contributed by atoms with Gasteiger partial charge in [-0.05, 0) is 50.3 Å². The van der Waals surface area contributed by atoms with Gasteiger partial charge < -0.3 is 4.74 Å². The summed E-state index contributed by atoms with van der Waals surface area (Å²) < 4.78 is 5.66. The fourth-order valence-corrected chi connectivity index (χ4v) is 2.85. The number of ether oxygens (including phenoxy) is 1. The number of halogens is 1. The summed E-state index contributed by atoms with van der Waals surface area (Å²) >= 11 is 6.65. The Morgan fingerprint density at radius 2 is 1.53 bits per heavy atom. The molecule has 1 unspecified atom stereocenters. The number of alkyl halides is 1. The van der Waals surface area contributed by atoms with Crippen molar-refractivity contribution >= 4 is 11.6 Å². The van der Waals surface area contributed by atoms with Crippen molar-refractivity contribution in [3.05, 3.63) is 29.8 Å². The van der Waals surface area contributed by atoms with Crippen LogP contribution in [0.3, 0.4) is 0 Å². The summed E-state index contributed by atoms with van der Waals surface area (Å²) in [7, 11) is 0. The van der Waals surface area contributed by atoms with E-state index in [0.29, 0.717) is 5.92 Å². The smallest absolute Gasteiger partial charge is 0.119 e. The monoisotopic (exact) mass is 282 g/mol. The van der Waals surface area contributed by atoms with E-state index in [0.717, 1.165) is 5.75 Å². The third-order valence-electron chi connectivity index (χ3n) is 3.30. The molecule has 1 nitrogen and oxygen atoms in total. The summed E-state index contributed by atoms with van der Waals surface area (Å²) in [5.41, 5.74) is 1.21. The van der Waals surface area contributed by atoms with Gasteiger partial charge in [-0.2, -0.15) is 0 Å². The van der Waals surface area contributed by atoms with Gasteiger partial charge in [-0.1, -0.05) is 38.8 Å². The minimum atomic E-state index is 0.119. The Bertz CT molecular complexity index is 339. The zero-order valence-electron chi connectivity index (χ0n) is 12.7. The number of rotatable bonds is 8. The summed E-state index contributed by atoms with van der Waals surface area (Å²) in [6.45, 7) is 8.53. The first kappa shape index (κ1) is 16.4. The molecule has 0 fully saturated rings. The van der Waals surface area contributed by atoms with Crippen LogP contribution < -0.4 is 4.74 Å². The molecule has 0 aliphatic carbocycles. The highest BCUT2D eigenvalue weighted by atomic mass is 35.5. The SMILES string of the molecule is CCCC(CCC)C(Cl)c1ccc(OC(C)C)cc1. The van der Waals surface area contributed by atoms with Crippen LogP contribution in [0.15, 0.2) is 24.3 Å². The summed E-state index contributed by atoms with van der Waals surface area (Å²) in [6.07, 6.45) is 5.01. The molecule has 0 aromatic heterocycles. The second-order valence-electron chi connectivity index (χ2n) is 5.47. The quantitative estimate of drug-likeness (QED) is 0.534. The van der Waals surface area contributed by atoms with Crippen molar-refractivity contribution in [1.82, 2.24) is 0 Å². The van der Waals surface area contributed by atoms with E-state index in [1.807, 2.05) is 26.0 Å². The summed E-state index contributed by atoms with van der Waals surface area (Å²) in [4.78, 5) is 0. The van der Waals surface area contributed by atoms with Gasteiger partial charge in [0.25, 0.3) is 0 Å². The molecule has 0 amide bonds. The van der Waals surface area contributed by atoms with Gasteiger partial charge >= 0.3 is 0 Å². The second-order valence-corrected chi connectivity index (χ2v) is 5.95.